The highest BCUT2D eigenvalue weighted by molar-refractivity contribution is 5.93. The smallest absolute Gasteiger partial charge is 0.287 e. The predicted octanol–water partition coefficient (Wildman–Crippen LogP) is 1.87. The third kappa shape index (κ3) is 3.38. The van der Waals surface area contributed by atoms with E-state index in [9.17, 15) is 14.9 Å². The maximum absolute atomic E-state index is 12.0. The van der Waals surface area contributed by atoms with E-state index >= 15 is 0 Å². The van der Waals surface area contributed by atoms with Gasteiger partial charge in [-0.3, -0.25) is 14.9 Å². The molecule has 0 spiro atoms. The molecule has 0 fully saturated rings. The molecule has 7 nitrogen and oxygen atoms in total. The van der Waals surface area contributed by atoms with Gasteiger partial charge in [-0.05, 0) is 17.7 Å². The Kier molecular flexibility index (Phi) is 4.22. The Bertz CT molecular complexity index is 661. The number of rotatable bonds is 5. The first kappa shape index (κ1) is 14.6. The van der Waals surface area contributed by atoms with Gasteiger partial charge in [-0.25, -0.2) is 0 Å². The zero-order chi connectivity index (χ0) is 15.4. The summed E-state index contributed by atoms with van der Waals surface area (Å²) in [6.07, 6.45) is 1.31. The van der Waals surface area contributed by atoms with Gasteiger partial charge in [0.2, 0.25) is 0 Å². The van der Waals surface area contributed by atoms with Gasteiger partial charge in [-0.2, -0.15) is 0 Å². The summed E-state index contributed by atoms with van der Waals surface area (Å²) in [6, 6.07) is 8.53. The van der Waals surface area contributed by atoms with Gasteiger partial charge in [0.1, 0.15) is 11.4 Å². The Labute approximate surface area is 121 Å². The molecule has 0 radical (unpaired) electrons. The van der Waals surface area contributed by atoms with Crippen LogP contribution in [-0.4, -0.2) is 22.5 Å². The van der Waals surface area contributed by atoms with Crippen LogP contribution in [0.3, 0.4) is 0 Å². The van der Waals surface area contributed by atoms with E-state index in [-0.39, 0.29) is 17.3 Å². The van der Waals surface area contributed by atoms with Gasteiger partial charge >= 0.3 is 0 Å². The standard InChI is InChI=1S/C14H15N3O4/c1-16-9-11(17(19)20)7-13(16)14(18)15-8-10-3-5-12(21-2)6-4-10/h3-7,9H,8H2,1-2H3,(H,15,18). The lowest BCUT2D eigenvalue weighted by molar-refractivity contribution is -0.384. The van der Waals surface area contributed by atoms with Gasteiger partial charge in [-0.15, -0.1) is 0 Å². The molecule has 1 aromatic carbocycles. The van der Waals surface area contributed by atoms with Crippen molar-refractivity contribution >= 4 is 11.6 Å². The quantitative estimate of drug-likeness (QED) is 0.672. The topological polar surface area (TPSA) is 86.4 Å². The minimum absolute atomic E-state index is 0.105. The Morgan fingerprint density at radius 2 is 2.05 bits per heavy atom. The van der Waals surface area contributed by atoms with E-state index in [4.69, 9.17) is 4.74 Å². The van der Waals surface area contributed by atoms with Crippen molar-refractivity contribution in [2.24, 2.45) is 7.05 Å². The van der Waals surface area contributed by atoms with Crippen LogP contribution in [0.25, 0.3) is 0 Å². The average Bonchev–Trinajstić information content (AvgIpc) is 2.87. The number of nitrogens with one attached hydrogen (secondary N) is 1. The summed E-state index contributed by atoms with van der Waals surface area (Å²) in [5.74, 6) is 0.379. The molecular formula is C14H15N3O4. The van der Waals surface area contributed by atoms with Gasteiger partial charge in [0, 0.05) is 19.7 Å². The summed E-state index contributed by atoms with van der Waals surface area (Å²) >= 11 is 0. The molecule has 0 atom stereocenters. The third-order valence-electron chi connectivity index (χ3n) is 3.05. The van der Waals surface area contributed by atoms with E-state index in [2.05, 4.69) is 5.32 Å². The first-order valence-corrected chi connectivity index (χ1v) is 6.23. The Balaban J connectivity index is 2.02. The molecule has 0 aliphatic heterocycles. The number of amides is 1. The largest absolute Gasteiger partial charge is 0.497 e. The van der Waals surface area contributed by atoms with Crippen LogP contribution in [0.1, 0.15) is 16.1 Å². The molecule has 1 heterocycles. The number of methoxy groups -OCH3 is 1. The van der Waals surface area contributed by atoms with E-state index in [1.165, 1.54) is 16.8 Å². The minimum atomic E-state index is -0.528. The van der Waals surface area contributed by atoms with E-state index in [0.29, 0.717) is 6.54 Å². The van der Waals surface area contributed by atoms with Gasteiger partial charge in [-0.1, -0.05) is 12.1 Å². The summed E-state index contributed by atoms with van der Waals surface area (Å²) in [5, 5.41) is 13.4. The van der Waals surface area contributed by atoms with Crippen molar-refractivity contribution in [2.45, 2.75) is 6.54 Å². The molecule has 2 aromatic rings. The number of nitro groups is 1. The molecule has 1 amide bonds. The molecule has 7 heteroatoms. The molecule has 0 unspecified atom stereocenters. The maximum atomic E-state index is 12.0. The van der Waals surface area contributed by atoms with Crippen LogP contribution in [0.5, 0.6) is 5.75 Å². The fourth-order valence-electron chi connectivity index (χ4n) is 1.89. The van der Waals surface area contributed by atoms with Crippen LogP contribution < -0.4 is 10.1 Å². The summed E-state index contributed by atoms with van der Waals surface area (Å²) in [4.78, 5) is 22.2. The molecule has 0 aliphatic carbocycles. The lowest BCUT2D eigenvalue weighted by Crippen LogP contribution is -2.24. The molecular weight excluding hydrogens is 274 g/mol. The average molecular weight is 289 g/mol. The van der Waals surface area contributed by atoms with Crippen molar-refractivity contribution < 1.29 is 14.5 Å². The number of aromatic nitrogens is 1. The molecule has 0 bridgehead atoms. The van der Waals surface area contributed by atoms with Crippen LogP contribution in [-0.2, 0) is 13.6 Å². The fourth-order valence-corrected chi connectivity index (χ4v) is 1.89. The van der Waals surface area contributed by atoms with Gasteiger partial charge in [0.15, 0.2) is 0 Å². The second-order valence-corrected chi connectivity index (χ2v) is 4.48. The van der Waals surface area contributed by atoms with E-state index in [0.717, 1.165) is 11.3 Å². The number of aryl methyl sites for hydroxylation is 1. The van der Waals surface area contributed by atoms with Crippen molar-refractivity contribution in [3.05, 3.63) is 57.9 Å². The normalized spacial score (nSPS) is 10.2. The predicted molar refractivity (Wildman–Crippen MR) is 76.2 cm³/mol. The fraction of sp³-hybridized carbons (Fsp3) is 0.214. The summed E-state index contributed by atoms with van der Waals surface area (Å²) in [7, 11) is 3.17. The van der Waals surface area contributed by atoms with E-state index in [1.54, 1.807) is 26.3 Å². The Hall–Kier alpha value is -2.83. The first-order chi connectivity index (χ1) is 10.0. The van der Waals surface area contributed by atoms with Crippen molar-refractivity contribution in [2.75, 3.05) is 7.11 Å². The van der Waals surface area contributed by atoms with Crippen LogP contribution >= 0.6 is 0 Å². The van der Waals surface area contributed by atoms with E-state index in [1.807, 2.05) is 12.1 Å². The van der Waals surface area contributed by atoms with Crippen molar-refractivity contribution in [3.63, 3.8) is 0 Å². The minimum Gasteiger partial charge on any atom is -0.497 e. The number of hydrogen-bond acceptors (Lipinski definition) is 4. The van der Waals surface area contributed by atoms with Gasteiger partial charge in [0.25, 0.3) is 11.6 Å². The SMILES string of the molecule is COc1ccc(CNC(=O)c2cc([N+](=O)[O-])cn2C)cc1. The highest BCUT2D eigenvalue weighted by Gasteiger charge is 2.17. The highest BCUT2D eigenvalue weighted by atomic mass is 16.6. The van der Waals surface area contributed by atoms with Crippen LogP contribution in [0.15, 0.2) is 36.5 Å². The molecule has 21 heavy (non-hydrogen) atoms. The number of benzene rings is 1. The second kappa shape index (κ2) is 6.08. The van der Waals surface area contributed by atoms with Crippen LogP contribution in [0.2, 0.25) is 0 Å². The van der Waals surface area contributed by atoms with Crippen LogP contribution in [0, 0.1) is 10.1 Å². The number of carbonyl (C=O) groups excluding carboxylic acids is 1. The molecule has 0 saturated heterocycles. The van der Waals surface area contributed by atoms with Crippen LogP contribution in [0.4, 0.5) is 5.69 Å². The number of hydrogen-bond donors (Lipinski definition) is 1. The molecule has 0 aliphatic rings. The van der Waals surface area contributed by atoms with Gasteiger partial charge in [0.05, 0.1) is 18.2 Å². The Morgan fingerprint density at radius 1 is 1.38 bits per heavy atom. The first-order valence-electron chi connectivity index (χ1n) is 6.23. The Morgan fingerprint density at radius 3 is 2.57 bits per heavy atom. The monoisotopic (exact) mass is 289 g/mol. The molecule has 1 aromatic heterocycles. The summed E-state index contributed by atoms with van der Waals surface area (Å²) < 4.78 is 6.48. The second-order valence-electron chi connectivity index (χ2n) is 4.48. The maximum Gasteiger partial charge on any atom is 0.287 e. The van der Waals surface area contributed by atoms with Gasteiger partial charge < -0.3 is 14.6 Å². The number of nitrogens with zero attached hydrogens (tertiary/aromatic N) is 2. The summed E-state index contributed by atoms with van der Waals surface area (Å²) in [5.41, 5.74) is 1.05. The molecule has 2 rings (SSSR count). The van der Waals surface area contributed by atoms with Crippen molar-refractivity contribution in [3.8, 4) is 5.75 Å². The van der Waals surface area contributed by atoms with Crippen molar-refractivity contribution in [1.82, 2.24) is 9.88 Å². The van der Waals surface area contributed by atoms with E-state index < -0.39 is 4.92 Å². The zero-order valence-corrected chi connectivity index (χ0v) is 11.7. The number of ether oxygens (including phenoxy) is 1. The lowest BCUT2D eigenvalue weighted by Gasteiger charge is -2.06. The highest BCUT2D eigenvalue weighted by Crippen LogP contribution is 2.15. The number of carbonyl (C=O) groups is 1. The molecule has 110 valence electrons. The zero-order valence-electron chi connectivity index (χ0n) is 11.7. The lowest BCUT2D eigenvalue weighted by atomic mass is 10.2. The molecule has 1 N–H and O–H groups in total. The summed E-state index contributed by atoms with van der Waals surface area (Å²) in [6.45, 7) is 0.335. The van der Waals surface area contributed by atoms with Crippen molar-refractivity contribution in [1.29, 1.82) is 0 Å². The third-order valence-corrected chi connectivity index (χ3v) is 3.05. The molecule has 0 saturated carbocycles.